The third-order valence-corrected chi connectivity index (χ3v) is 7.31. The fourth-order valence-electron chi connectivity index (χ4n) is 5.68. The molecule has 2 bridgehead atoms. The van der Waals surface area contributed by atoms with Crippen molar-refractivity contribution in [1.82, 2.24) is 0 Å². The van der Waals surface area contributed by atoms with Gasteiger partial charge in [-0.2, -0.15) is 4.57 Å². The number of hydrogen-bond donors (Lipinski definition) is 1. The molecule has 0 saturated heterocycles. The van der Waals surface area contributed by atoms with E-state index in [1.54, 1.807) is 25.1 Å². The molecule has 188 valence electrons. The summed E-state index contributed by atoms with van der Waals surface area (Å²) in [6.45, 7) is 0. The Labute approximate surface area is 208 Å². The van der Waals surface area contributed by atoms with Gasteiger partial charge in [0.25, 0.3) is 0 Å². The number of halogens is 1. The van der Waals surface area contributed by atoms with Crippen LogP contribution in [-0.2, 0) is 15.4 Å². The summed E-state index contributed by atoms with van der Waals surface area (Å²) in [6, 6.07) is 16.2. The van der Waals surface area contributed by atoms with Crippen molar-refractivity contribution in [1.29, 1.82) is 0 Å². The Morgan fingerprint density at radius 3 is 2.06 bits per heavy atom. The normalized spacial score (nSPS) is 19.6. The lowest BCUT2D eigenvalue weighted by Gasteiger charge is -2.49. The minimum atomic E-state index is -4.94. The quantitative estimate of drug-likeness (QED) is 0.333. The van der Waals surface area contributed by atoms with Crippen LogP contribution in [0, 0.1) is 10.2 Å². The number of sulfonamides is 1. The molecule has 36 heavy (non-hydrogen) atoms. The summed E-state index contributed by atoms with van der Waals surface area (Å²) >= 11 is 0. The van der Waals surface area contributed by atoms with Crippen LogP contribution >= 0.6 is 0 Å². The molecule has 12 heteroatoms. The van der Waals surface area contributed by atoms with Gasteiger partial charge in [0.1, 0.15) is 5.69 Å². The van der Waals surface area contributed by atoms with Gasteiger partial charge in [0.15, 0.2) is 12.2 Å². The third kappa shape index (κ3) is 4.30. The van der Waals surface area contributed by atoms with E-state index in [4.69, 9.17) is 27.5 Å². The maximum atomic E-state index is 12.2. The van der Waals surface area contributed by atoms with Crippen molar-refractivity contribution in [3.63, 3.8) is 0 Å². The average molecular weight is 533 g/mol. The standard InChI is InChI=1S/C24H21N2O4S.ClHO4/c1-31(27,28)25-20-7-4-10-26-21-13-24(16-8-11-29-14-16,17-9-12-30-15-17)22(23(20)26)19-6-3-2-5-18(19)21;2-1(3,4)5/h2-12,14-15,21-22,25H,13H2,1H3;(H,2,3,4,5)/q+1;/p-1. The maximum absolute atomic E-state index is 12.2. The van der Waals surface area contributed by atoms with Crippen molar-refractivity contribution in [3.05, 3.63) is 108 Å². The number of nitrogens with zero attached hydrogens (tertiary/aromatic N) is 1. The van der Waals surface area contributed by atoms with Crippen molar-refractivity contribution in [2.75, 3.05) is 11.0 Å². The fourth-order valence-corrected chi connectivity index (χ4v) is 6.25. The number of nitrogens with one attached hydrogen (secondary N) is 1. The molecule has 0 spiro atoms. The minimum Gasteiger partial charge on any atom is -0.472 e. The molecule has 1 aromatic carbocycles. The second-order valence-electron chi connectivity index (χ2n) is 8.74. The van der Waals surface area contributed by atoms with Gasteiger partial charge in [-0.1, -0.05) is 24.3 Å². The number of pyridine rings is 1. The number of hydrogen-bond acceptors (Lipinski definition) is 8. The summed E-state index contributed by atoms with van der Waals surface area (Å²) in [5.41, 5.74) is 5.68. The summed E-state index contributed by atoms with van der Waals surface area (Å²) in [5.74, 6) is -0.130. The lowest BCUT2D eigenvalue weighted by molar-refractivity contribution is -2.00. The summed E-state index contributed by atoms with van der Waals surface area (Å²) in [4.78, 5) is 0. The molecule has 1 N–H and O–H groups in total. The Kier molecular flexibility index (Phi) is 5.94. The van der Waals surface area contributed by atoms with E-state index in [2.05, 4.69) is 27.5 Å². The van der Waals surface area contributed by atoms with Crippen LogP contribution in [0.2, 0.25) is 0 Å². The molecule has 1 aliphatic carbocycles. The Hall–Kier alpha value is -3.19. The first-order chi connectivity index (χ1) is 17.0. The topological polar surface area (TPSA) is 169 Å². The highest BCUT2D eigenvalue weighted by Gasteiger charge is 2.61. The predicted molar refractivity (Wildman–Crippen MR) is 114 cm³/mol. The molecular weight excluding hydrogens is 512 g/mol. The van der Waals surface area contributed by atoms with E-state index < -0.39 is 25.7 Å². The molecule has 0 saturated carbocycles. The molecule has 2 atom stereocenters. The van der Waals surface area contributed by atoms with Crippen molar-refractivity contribution >= 4 is 15.7 Å². The van der Waals surface area contributed by atoms with Crippen LogP contribution < -0.4 is 27.9 Å². The smallest absolute Gasteiger partial charge is 0.230 e. The van der Waals surface area contributed by atoms with Crippen molar-refractivity contribution in [2.45, 2.75) is 23.8 Å². The Bertz CT molecular complexity index is 1440. The lowest BCUT2D eigenvalue weighted by Crippen LogP contribution is -2.68. The molecule has 0 amide bonds. The molecule has 0 radical (unpaired) electrons. The Morgan fingerprint density at radius 2 is 1.53 bits per heavy atom. The van der Waals surface area contributed by atoms with Gasteiger partial charge in [0.05, 0.1) is 42.6 Å². The van der Waals surface area contributed by atoms with Gasteiger partial charge in [0.2, 0.25) is 15.7 Å². The van der Waals surface area contributed by atoms with E-state index in [1.165, 1.54) is 17.4 Å². The van der Waals surface area contributed by atoms with Crippen LogP contribution in [0.25, 0.3) is 0 Å². The average Bonchev–Trinajstić information content (AvgIpc) is 3.52. The molecule has 2 unspecified atom stereocenters. The van der Waals surface area contributed by atoms with Crippen molar-refractivity contribution in [3.8, 4) is 0 Å². The van der Waals surface area contributed by atoms with E-state index in [9.17, 15) is 8.42 Å². The molecule has 10 nitrogen and oxygen atoms in total. The van der Waals surface area contributed by atoms with Gasteiger partial charge in [-0.15, -0.1) is 10.2 Å². The van der Waals surface area contributed by atoms with Gasteiger partial charge in [-0.05, 0) is 23.8 Å². The van der Waals surface area contributed by atoms with Gasteiger partial charge >= 0.3 is 0 Å². The maximum Gasteiger partial charge on any atom is 0.230 e. The molecule has 4 aromatic rings. The zero-order valence-corrected chi connectivity index (χ0v) is 20.4. The zero-order valence-electron chi connectivity index (χ0n) is 18.9. The van der Waals surface area contributed by atoms with Crippen LogP contribution in [-0.4, -0.2) is 14.7 Å². The Balaban J connectivity index is 0.000000489. The van der Waals surface area contributed by atoms with Crippen molar-refractivity contribution < 1.29 is 50.7 Å². The van der Waals surface area contributed by atoms with Crippen LogP contribution in [0.1, 0.15) is 46.3 Å². The number of furan rings is 2. The van der Waals surface area contributed by atoms with Gasteiger partial charge < -0.3 is 8.83 Å². The van der Waals surface area contributed by atoms with Gasteiger partial charge in [0, 0.05) is 29.2 Å². The largest absolute Gasteiger partial charge is 0.472 e. The van der Waals surface area contributed by atoms with Gasteiger partial charge in [-0.25, -0.2) is 27.1 Å². The monoisotopic (exact) mass is 532 g/mol. The first-order valence-electron chi connectivity index (χ1n) is 10.8. The SMILES string of the molecule is CS(=O)(=O)Nc1ccc[n+]2c1C1c3ccccc3C2CC1(c1ccoc1)c1ccoc1.[O-][Cl+3]([O-])([O-])[O-]. The molecule has 7 rings (SSSR count). The number of anilines is 1. The molecule has 3 aromatic heterocycles. The lowest BCUT2D eigenvalue weighted by atomic mass is 9.54. The second-order valence-corrected chi connectivity index (χ2v) is 11.2. The van der Waals surface area contributed by atoms with E-state index in [0.29, 0.717) is 5.69 Å². The summed E-state index contributed by atoms with van der Waals surface area (Å²) in [7, 11) is -8.39. The highest BCUT2D eigenvalue weighted by molar-refractivity contribution is 7.92. The van der Waals surface area contributed by atoms with Crippen LogP contribution in [0.3, 0.4) is 0 Å². The highest BCUT2D eigenvalue weighted by Crippen LogP contribution is 2.60. The summed E-state index contributed by atoms with van der Waals surface area (Å²) in [5, 5.41) is 0. The van der Waals surface area contributed by atoms with Gasteiger partial charge in [-0.3, -0.25) is 4.72 Å². The molecule has 0 fully saturated rings. The minimum absolute atomic E-state index is 0.0438. The summed E-state index contributed by atoms with van der Waals surface area (Å²) in [6.07, 6.45) is 11.0. The second kappa shape index (κ2) is 8.73. The Morgan fingerprint density at radius 1 is 0.944 bits per heavy atom. The number of fused-ring (bicyclic) bond motifs is 1. The number of benzene rings is 1. The van der Waals surface area contributed by atoms with E-state index in [1.807, 2.05) is 36.5 Å². The number of aromatic nitrogens is 1. The molecule has 2 aliphatic heterocycles. The molecule has 5 heterocycles. The van der Waals surface area contributed by atoms with Crippen LogP contribution in [0.5, 0.6) is 0 Å². The van der Waals surface area contributed by atoms with E-state index in [0.717, 1.165) is 23.2 Å². The summed E-state index contributed by atoms with van der Waals surface area (Å²) < 4.78 is 74.4. The predicted octanol–water partition coefficient (Wildman–Crippen LogP) is -0.800. The zero-order chi connectivity index (χ0) is 25.7. The van der Waals surface area contributed by atoms with Crippen LogP contribution in [0.4, 0.5) is 5.69 Å². The van der Waals surface area contributed by atoms with E-state index in [-0.39, 0.29) is 12.0 Å². The first-order valence-corrected chi connectivity index (χ1v) is 13.9. The number of rotatable bonds is 4. The van der Waals surface area contributed by atoms with E-state index >= 15 is 0 Å². The van der Waals surface area contributed by atoms with Crippen LogP contribution in [0.15, 0.2) is 88.6 Å². The fraction of sp³-hybridized carbons (Fsp3) is 0.208. The van der Waals surface area contributed by atoms with Crippen molar-refractivity contribution in [2.24, 2.45) is 0 Å². The molecule has 3 aliphatic rings. The highest BCUT2D eigenvalue weighted by atomic mass is 35.7. The molecular formula is C24H21ClN2O8S. The third-order valence-electron chi connectivity index (χ3n) is 6.72. The first kappa shape index (κ1) is 24.5.